The molecule has 1 aromatic carbocycles. The van der Waals surface area contributed by atoms with E-state index in [2.05, 4.69) is 25.5 Å². The molecular weight excluding hydrogens is 352 g/mol. The summed E-state index contributed by atoms with van der Waals surface area (Å²) in [5.74, 6) is 1.50. The van der Waals surface area contributed by atoms with Gasteiger partial charge < -0.3 is 10.2 Å². The highest BCUT2D eigenvalue weighted by Crippen LogP contribution is 2.24. The van der Waals surface area contributed by atoms with Crippen LogP contribution in [0.5, 0.6) is 0 Å². The van der Waals surface area contributed by atoms with Crippen LogP contribution in [0.3, 0.4) is 0 Å². The Hall–Kier alpha value is -2.67. The quantitative estimate of drug-likeness (QED) is 0.767. The fraction of sp³-hybridized carbons (Fsp3) is 0.333. The number of aromatic nitrogens is 4. The summed E-state index contributed by atoms with van der Waals surface area (Å²) in [6.45, 7) is 3.38. The summed E-state index contributed by atoms with van der Waals surface area (Å²) in [6, 6.07) is 11.0. The summed E-state index contributed by atoms with van der Waals surface area (Å²) >= 11 is 5.99. The number of hydrogen-bond acceptors (Lipinski definition) is 5. The van der Waals surface area contributed by atoms with Gasteiger partial charge in [-0.3, -0.25) is 4.79 Å². The smallest absolute Gasteiger partial charge is 0.229 e. The molecule has 1 fully saturated rings. The van der Waals surface area contributed by atoms with Crippen LogP contribution in [0, 0.1) is 12.8 Å². The van der Waals surface area contributed by atoms with Gasteiger partial charge in [-0.25, -0.2) is 0 Å². The second-order valence-corrected chi connectivity index (χ2v) is 6.93. The number of aryl methyl sites for hydroxylation is 1. The van der Waals surface area contributed by atoms with Crippen molar-refractivity contribution in [3.63, 3.8) is 0 Å². The molecule has 1 N–H and O–H groups in total. The average Bonchev–Trinajstić information content (AvgIpc) is 3.02. The van der Waals surface area contributed by atoms with Crippen LogP contribution < -0.4 is 10.2 Å². The molecule has 3 heterocycles. The Morgan fingerprint density at radius 1 is 1.27 bits per heavy atom. The van der Waals surface area contributed by atoms with Gasteiger partial charge in [0.1, 0.15) is 5.82 Å². The number of hydrogen-bond donors (Lipinski definition) is 1. The van der Waals surface area contributed by atoms with Gasteiger partial charge in [0.25, 0.3) is 0 Å². The monoisotopic (exact) mass is 370 g/mol. The molecule has 7 nitrogen and oxygen atoms in total. The van der Waals surface area contributed by atoms with E-state index in [1.54, 1.807) is 16.6 Å². The maximum Gasteiger partial charge on any atom is 0.229 e. The fourth-order valence-corrected chi connectivity index (χ4v) is 3.46. The van der Waals surface area contributed by atoms with Gasteiger partial charge in [-0.1, -0.05) is 17.7 Å². The second-order valence-electron chi connectivity index (χ2n) is 6.49. The minimum absolute atomic E-state index is 0.0125. The van der Waals surface area contributed by atoms with Gasteiger partial charge in [-0.2, -0.15) is 4.52 Å². The number of nitrogens with zero attached hydrogens (tertiary/aromatic N) is 5. The van der Waals surface area contributed by atoms with Crippen molar-refractivity contribution < 1.29 is 4.79 Å². The number of amides is 1. The van der Waals surface area contributed by atoms with E-state index in [1.165, 1.54) is 0 Å². The van der Waals surface area contributed by atoms with Crippen LogP contribution in [0.4, 0.5) is 11.5 Å². The molecule has 0 bridgehead atoms. The van der Waals surface area contributed by atoms with Crippen molar-refractivity contribution in [2.75, 3.05) is 23.3 Å². The molecular formula is C18H19ClN6O. The number of halogens is 1. The highest BCUT2D eigenvalue weighted by Gasteiger charge is 2.27. The van der Waals surface area contributed by atoms with Crippen molar-refractivity contribution in [3.8, 4) is 0 Å². The Kier molecular flexibility index (Phi) is 4.46. The maximum absolute atomic E-state index is 12.7. The zero-order valence-corrected chi connectivity index (χ0v) is 15.1. The standard InChI is InChI=1S/C18H19ClN6O/c1-12-21-22-16-7-8-17(23-25(12)16)24-9-3-4-13(11-24)18(26)20-15-6-2-5-14(19)10-15/h2,5-8,10,13H,3-4,9,11H2,1H3,(H,20,26)/t13-/m1/s1. The van der Waals surface area contributed by atoms with Gasteiger partial charge in [0, 0.05) is 23.8 Å². The van der Waals surface area contributed by atoms with Crippen LogP contribution in [0.2, 0.25) is 5.02 Å². The maximum atomic E-state index is 12.7. The lowest BCUT2D eigenvalue weighted by Gasteiger charge is -2.32. The van der Waals surface area contributed by atoms with Gasteiger partial charge in [0.15, 0.2) is 11.5 Å². The number of carbonyl (C=O) groups is 1. The molecule has 4 rings (SSSR count). The number of carbonyl (C=O) groups excluding carboxylic acids is 1. The van der Waals surface area contributed by atoms with Gasteiger partial charge in [0.05, 0.1) is 5.92 Å². The Morgan fingerprint density at radius 3 is 3.00 bits per heavy atom. The third kappa shape index (κ3) is 3.35. The number of fused-ring (bicyclic) bond motifs is 1. The summed E-state index contributed by atoms with van der Waals surface area (Å²) in [7, 11) is 0. The molecule has 1 saturated heterocycles. The minimum Gasteiger partial charge on any atom is -0.354 e. The first-order valence-electron chi connectivity index (χ1n) is 8.60. The Morgan fingerprint density at radius 2 is 2.15 bits per heavy atom. The predicted octanol–water partition coefficient (Wildman–Crippen LogP) is 2.94. The Labute approximate surface area is 156 Å². The largest absolute Gasteiger partial charge is 0.354 e. The average molecular weight is 371 g/mol. The number of anilines is 2. The molecule has 8 heteroatoms. The SMILES string of the molecule is Cc1nnc2ccc(N3CCC[C@@H](C(=O)Nc4cccc(Cl)c4)C3)nn12. The lowest BCUT2D eigenvalue weighted by molar-refractivity contribution is -0.120. The van der Waals surface area contributed by atoms with Crippen molar-refractivity contribution >= 4 is 34.7 Å². The molecule has 134 valence electrons. The van der Waals surface area contributed by atoms with E-state index in [4.69, 9.17) is 11.6 Å². The topological polar surface area (TPSA) is 75.4 Å². The summed E-state index contributed by atoms with van der Waals surface area (Å²) in [5.41, 5.74) is 1.44. The predicted molar refractivity (Wildman–Crippen MR) is 101 cm³/mol. The van der Waals surface area contributed by atoms with E-state index in [9.17, 15) is 4.79 Å². The summed E-state index contributed by atoms with van der Waals surface area (Å²) < 4.78 is 1.73. The van der Waals surface area contributed by atoms with Crippen molar-refractivity contribution in [2.24, 2.45) is 5.92 Å². The molecule has 1 aliphatic heterocycles. The number of piperidine rings is 1. The highest BCUT2D eigenvalue weighted by atomic mass is 35.5. The summed E-state index contributed by atoms with van der Waals surface area (Å²) in [6.07, 6.45) is 1.80. The van der Waals surface area contributed by atoms with Crippen molar-refractivity contribution in [3.05, 3.63) is 47.2 Å². The first-order chi connectivity index (χ1) is 12.6. The van der Waals surface area contributed by atoms with E-state index in [-0.39, 0.29) is 11.8 Å². The summed E-state index contributed by atoms with van der Waals surface area (Å²) in [5, 5.41) is 16.3. The molecule has 0 saturated carbocycles. The van der Waals surface area contributed by atoms with E-state index in [0.29, 0.717) is 11.6 Å². The normalized spacial score (nSPS) is 17.5. The van der Waals surface area contributed by atoms with E-state index >= 15 is 0 Å². The molecule has 0 aliphatic carbocycles. The van der Waals surface area contributed by atoms with Crippen molar-refractivity contribution in [2.45, 2.75) is 19.8 Å². The first-order valence-corrected chi connectivity index (χ1v) is 8.98. The zero-order valence-electron chi connectivity index (χ0n) is 14.4. The molecule has 2 aromatic heterocycles. The highest BCUT2D eigenvalue weighted by molar-refractivity contribution is 6.30. The van der Waals surface area contributed by atoms with Gasteiger partial charge >= 0.3 is 0 Å². The Bertz CT molecular complexity index is 956. The third-order valence-corrected chi connectivity index (χ3v) is 4.85. The Balaban J connectivity index is 1.49. The van der Waals surface area contributed by atoms with Gasteiger partial charge in [-0.15, -0.1) is 15.3 Å². The second kappa shape index (κ2) is 6.92. The first kappa shape index (κ1) is 16.8. The lowest BCUT2D eigenvalue weighted by Crippen LogP contribution is -2.41. The number of nitrogens with one attached hydrogen (secondary N) is 1. The van der Waals surface area contributed by atoms with E-state index in [1.807, 2.05) is 31.2 Å². The van der Waals surface area contributed by atoms with Gasteiger partial charge in [0.2, 0.25) is 5.91 Å². The minimum atomic E-state index is -0.0952. The van der Waals surface area contributed by atoms with Crippen LogP contribution >= 0.6 is 11.6 Å². The molecule has 1 atom stereocenters. The molecule has 0 radical (unpaired) electrons. The molecule has 26 heavy (non-hydrogen) atoms. The van der Waals surface area contributed by atoms with Crippen LogP contribution in [-0.4, -0.2) is 38.8 Å². The van der Waals surface area contributed by atoms with E-state index in [0.717, 1.165) is 42.4 Å². The molecule has 1 amide bonds. The van der Waals surface area contributed by atoms with Crippen molar-refractivity contribution in [1.82, 2.24) is 19.8 Å². The van der Waals surface area contributed by atoms with Crippen LogP contribution in [0.25, 0.3) is 5.65 Å². The number of rotatable bonds is 3. The number of benzene rings is 1. The van der Waals surface area contributed by atoms with Crippen LogP contribution in [0.1, 0.15) is 18.7 Å². The molecule has 1 aliphatic rings. The molecule has 0 spiro atoms. The summed E-state index contributed by atoms with van der Waals surface area (Å²) in [4.78, 5) is 14.8. The lowest BCUT2D eigenvalue weighted by atomic mass is 9.97. The fourth-order valence-electron chi connectivity index (χ4n) is 3.26. The molecule has 0 unspecified atom stereocenters. The van der Waals surface area contributed by atoms with Crippen LogP contribution in [-0.2, 0) is 4.79 Å². The van der Waals surface area contributed by atoms with E-state index < -0.39 is 0 Å². The van der Waals surface area contributed by atoms with Gasteiger partial charge in [-0.05, 0) is 50.1 Å². The third-order valence-electron chi connectivity index (χ3n) is 4.61. The van der Waals surface area contributed by atoms with Crippen LogP contribution in [0.15, 0.2) is 36.4 Å². The van der Waals surface area contributed by atoms with Crippen molar-refractivity contribution in [1.29, 1.82) is 0 Å². The zero-order chi connectivity index (χ0) is 18.1. The molecule has 3 aromatic rings.